The van der Waals surface area contributed by atoms with Crippen LogP contribution in [0.4, 0.5) is 0 Å². The Morgan fingerprint density at radius 1 is 1.46 bits per heavy atom. The number of carboxylic acids is 1. The van der Waals surface area contributed by atoms with Crippen LogP contribution < -0.4 is 0 Å². The highest BCUT2D eigenvalue weighted by Crippen LogP contribution is 2.05. The monoisotopic (exact) mass is 190 g/mol. The second-order valence-corrected chi connectivity index (χ2v) is 2.92. The number of rotatable bonds is 8. The first kappa shape index (κ1) is 12.4. The Morgan fingerprint density at radius 2 is 2.15 bits per heavy atom. The molecule has 13 heavy (non-hydrogen) atoms. The van der Waals surface area contributed by atoms with Crippen molar-refractivity contribution >= 4 is 5.97 Å². The molecule has 0 aromatic carbocycles. The quantitative estimate of drug-likeness (QED) is 0.561. The lowest BCUT2D eigenvalue weighted by Gasteiger charge is -2.12. The van der Waals surface area contributed by atoms with E-state index in [9.17, 15) is 4.79 Å². The van der Waals surface area contributed by atoms with Gasteiger partial charge in [0.05, 0.1) is 0 Å². The summed E-state index contributed by atoms with van der Waals surface area (Å²) in [5.74, 6) is -0.911. The summed E-state index contributed by atoms with van der Waals surface area (Å²) in [5, 5.41) is 17.2. The number of unbranched alkanes of at least 4 members (excludes halogenated alkanes) is 1. The molecule has 0 amide bonds. The van der Waals surface area contributed by atoms with Crippen molar-refractivity contribution in [2.24, 2.45) is 0 Å². The molecule has 1 unspecified atom stereocenters. The van der Waals surface area contributed by atoms with Crippen molar-refractivity contribution in [2.75, 3.05) is 13.2 Å². The van der Waals surface area contributed by atoms with E-state index in [0.717, 1.165) is 12.8 Å². The summed E-state index contributed by atoms with van der Waals surface area (Å²) in [5.41, 5.74) is 0. The lowest BCUT2D eigenvalue weighted by atomic mass is 10.1. The number of aliphatic carboxylic acids is 1. The second kappa shape index (κ2) is 8.01. The fourth-order valence-corrected chi connectivity index (χ4v) is 0.958. The van der Waals surface area contributed by atoms with Gasteiger partial charge in [-0.1, -0.05) is 19.8 Å². The summed E-state index contributed by atoms with van der Waals surface area (Å²) in [6, 6.07) is 0. The molecule has 0 saturated carbocycles. The molecule has 0 heterocycles. The zero-order valence-corrected chi connectivity index (χ0v) is 8.03. The van der Waals surface area contributed by atoms with Gasteiger partial charge >= 0.3 is 5.97 Å². The Labute approximate surface area is 78.5 Å². The maximum atomic E-state index is 10.6. The van der Waals surface area contributed by atoms with Gasteiger partial charge in [-0.15, -0.1) is 0 Å². The van der Waals surface area contributed by atoms with Crippen LogP contribution in [0.2, 0.25) is 0 Å². The van der Waals surface area contributed by atoms with Crippen LogP contribution in [0.25, 0.3) is 0 Å². The molecule has 0 aliphatic carbocycles. The molecule has 0 spiro atoms. The number of hydrogen-bond donors (Lipinski definition) is 2. The van der Waals surface area contributed by atoms with Gasteiger partial charge < -0.3 is 14.9 Å². The summed E-state index contributed by atoms with van der Waals surface area (Å²) >= 11 is 0. The highest BCUT2D eigenvalue weighted by molar-refractivity contribution is 5.72. The molecule has 0 aromatic rings. The fourth-order valence-electron chi connectivity index (χ4n) is 0.958. The first-order valence-corrected chi connectivity index (χ1v) is 4.67. The maximum absolute atomic E-state index is 10.6. The molecule has 1 atom stereocenters. The van der Waals surface area contributed by atoms with Crippen molar-refractivity contribution in [2.45, 2.75) is 38.7 Å². The fraction of sp³-hybridized carbons (Fsp3) is 0.889. The largest absolute Gasteiger partial charge is 0.479 e. The molecule has 4 heteroatoms. The third-order valence-electron chi connectivity index (χ3n) is 1.72. The number of ether oxygens (including phenoxy) is 1. The van der Waals surface area contributed by atoms with Crippen LogP contribution >= 0.6 is 0 Å². The van der Waals surface area contributed by atoms with Crippen LogP contribution in [0.15, 0.2) is 0 Å². The molecular formula is C9H18O4. The van der Waals surface area contributed by atoms with E-state index in [4.69, 9.17) is 14.9 Å². The summed E-state index contributed by atoms with van der Waals surface area (Å²) < 4.78 is 5.09. The van der Waals surface area contributed by atoms with Gasteiger partial charge in [0.15, 0.2) is 6.10 Å². The van der Waals surface area contributed by atoms with Gasteiger partial charge in [0.1, 0.15) is 0 Å². The van der Waals surface area contributed by atoms with E-state index in [2.05, 4.69) is 0 Å². The summed E-state index contributed by atoms with van der Waals surface area (Å²) in [6.45, 7) is 2.37. The van der Waals surface area contributed by atoms with Gasteiger partial charge in [-0.2, -0.15) is 0 Å². The molecule has 2 N–H and O–H groups in total. The van der Waals surface area contributed by atoms with E-state index in [1.807, 2.05) is 6.92 Å². The van der Waals surface area contributed by atoms with Gasteiger partial charge in [0.25, 0.3) is 0 Å². The molecular weight excluding hydrogens is 172 g/mol. The number of hydrogen-bond acceptors (Lipinski definition) is 3. The standard InChI is InChI=1S/C9H18O4/c1-2-3-5-8(9(11)12)13-7-4-6-10/h8,10H,2-7H2,1H3,(H,11,12). The number of carboxylic acid groups (broad SMARTS) is 1. The van der Waals surface area contributed by atoms with Crippen molar-refractivity contribution in [1.29, 1.82) is 0 Å². The molecule has 0 aliphatic rings. The number of carbonyl (C=O) groups is 1. The van der Waals surface area contributed by atoms with E-state index in [1.165, 1.54) is 0 Å². The van der Waals surface area contributed by atoms with Crippen molar-refractivity contribution in [3.63, 3.8) is 0 Å². The third-order valence-corrected chi connectivity index (χ3v) is 1.72. The van der Waals surface area contributed by atoms with E-state index < -0.39 is 12.1 Å². The van der Waals surface area contributed by atoms with Crippen LogP contribution in [-0.4, -0.2) is 35.5 Å². The van der Waals surface area contributed by atoms with Crippen LogP contribution in [0, 0.1) is 0 Å². The molecule has 0 bridgehead atoms. The minimum absolute atomic E-state index is 0.0418. The van der Waals surface area contributed by atoms with Crippen molar-refractivity contribution in [3.05, 3.63) is 0 Å². The van der Waals surface area contributed by atoms with Gasteiger partial charge in [-0.3, -0.25) is 0 Å². The lowest BCUT2D eigenvalue weighted by Crippen LogP contribution is -2.24. The Hall–Kier alpha value is -0.610. The van der Waals surface area contributed by atoms with E-state index in [-0.39, 0.29) is 6.61 Å². The van der Waals surface area contributed by atoms with Gasteiger partial charge in [0, 0.05) is 13.2 Å². The Kier molecular flexibility index (Phi) is 7.63. The topological polar surface area (TPSA) is 66.8 Å². The molecule has 4 nitrogen and oxygen atoms in total. The van der Waals surface area contributed by atoms with E-state index >= 15 is 0 Å². The Morgan fingerprint density at radius 3 is 2.62 bits per heavy atom. The number of aliphatic hydroxyl groups excluding tert-OH is 1. The summed E-state index contributed by atoms with van der Waals surface area (Å²) in [4.78, 5) is 10.6. The molecule has 0 saturated heterocycles. The third kappa shape index (κ3) is 6.54. The summed E-state index contributed by atoms with van der Waals surface area (Å²) in [7, 11) is 0. The molecule has 0 rings (SSSR count). The first-order chi connectivity index (χ1) is 6.22. The molecule has 0 aromatic heterocycles. The van der Waals surface area contributed by atoms with Crippen LogP contribution in [0.1, 0.15) is 32.6 Å². The lowest BCUT2D eigenvalue weighted by molar-refractivity contribution is -0.151. The normalized spacial score (nSPS) is 12.8. The first-order valence-electron chi connectivity index (χ1n) is 4.67. The van der Waals surface area contributed by atoms with E-state index in [1.54, 1.807) is 0 Å². The molecule has 0 fully saturated rings. The molecule has 78 valence electrons. The predicted molar refractivity (Wildman–Crippen MR) is 48.6 cm³/mol. The summed E-state index contributed by atoms with van der Waals surface area (Å²) in [6.07, 6.45) is 2.17. The smallest absolute Gasteiger partial charge is 0.332 e. The van der Waals surface area contributed by atoms with Crippen molar-refractivity contribution in [1.82, 2.24) is 0 Å². The maximum Gasteiger partial charge on any atom is 0.332 e. The number of aliphatic hydroxyl groups is 1. The van der Waals surface area contributed by atoms with Gasteiger partial charge in [-0.05, 0) is 12.8 Å². The minimum Gasteiger partial charge on any atom is -0.479 e. The zero-order valence-electron chi connectivity index (χ0n) is 8.03. The van der Waals surface area contributed by atoms with Gasteiger partial charge in [0.2, 0.25) is 0 Å². The average molecular weight is 190 g/mol. The van der Waals surface area contributed by atoms with Crippen LogP contribution in [0.3, 0.4) is 0 Å². The Balaban J connectivity index is 3.61. The highest BCUT2D eigenvalue weighted by atomic mass is 16.5. The minimum atomic E-state index is -0.911. The van der Waals surface area contributed by atoms with Crippen LogP contribution in [0.5, 0.6) is 0 Å². The van der Waals surface area contributed by atoms with Crippen molar-refractivity contribution in [3.8, 4) is 0 Å². The predicted octanol–water partition coefficient (Wildman–Crippen LogP) is 1.03. The molecule has 0 radical (unpaired) electrons. The second-order valence-electron chi connectivity index (χ2n) is 2.92. The zero-order chi connectivity index (χ0) is 10.1. The highest BCUT2D eigenvalue weighted by Gasteiger charge is 2.16. The Bertz CT molecular complexity index is 136. The van der Waals surface area contributed by atoms with Crippen LogP contribution in [-0.2, 0) is 9.53 Å². The van der Waals surface area contributed by atoms with Crippen molar-refractivity contribution < 1.29 is 19.7 Å². The molecule has 0 aliphatic heterocycles. The van der Waals surface area contributed by atoms with E-state index in [0.29, 0.717) is 19.4 Å². The van der Waals surface area contributed by atoms with Gasteiger partial charge in [-0.25, -0.2) is 4.79 Å². The SMILES string of the molecule is CCCCC(OCCCO)C(=O)O. The average Bonchev–Trinajstić information content (AvgIpc) is 2.10.